The molecule has 8 saturated carbocycles. The lowest BCUT2D eigenvalue weighted by molar-refractivity contribution is -0.0629. The second-order valence-electron chi connectivity index (χ2n) is 34.5. The number of aliphatic hydroxyl groups is 12. The number of anilines is 4. The van der Waals surface area contributed by atoms with Crippen molar-refractivity contribution in [3.63, 3.8) is 0 Å². The van der Waals surface area contributed by atoms with Crippen LogP contribution in [0.1, 0.15) is 232 Å². The topological polar surface area (TPSA) is 554 Å². The lowest BCUT2D eigenvalue weighted by Gasteiger charge is -2.17. The molecule has 0 aliphatic heterocycles. The Labute approximate surface area is 880 Å². The van der Waals surface area contributed by atoms with Crippen molar-refractivity contribution < 1.29 is 133 Å². The third kappa shape index (κ3) is 23.8. The van der Waals surface area contributed by atoms with Crippen LogP contribution < -0.4 is 21.3 Å². The van der Waals surface area contributed by atoms with Crippen LogP contribution in [-0.2, 0) is 18.9 Å². The average molecular weight is 2100 g/mol. The van der Waals surface area contributed by atoms with E-state index in [9.17, 15) is 73.7 Å². The molecule has 8 heterocycles. The van der Waals surface area contributed by atoms with E-state index in [2.05, 4.69) is 102 Å². The van der Waals surface area contributed by atoms with Gasteiger partial charge in [0.05, 0.1) is 118 Å². The molecule has 24 atom stereocenters. The first kappa shape index (κ1) is 76.9. The Morgan fingerprint density at radius 2 is 0.667 bits per heavy atom. The third-order valence-electron chi connectivity index (χ3n) is 24.6. The third-order valence-corrected chi connectivity index (χ3v) is 28.4. The summed E-state index contributed by atoms with van der Waals surface area (Å²) in [5.41, 5.74) is -0.903. The van der Waals surface area contributed by atoms with Crippen molar-refractivity contribution in [1.29, 1.82) is 0 Å². The van der Waals surface area contributed by atoms with Crippen LogP contribution in [0.4, 0.5) is 40.8 Å². The van der Waals surface area contributed by atoms with Crippen LogP contribution in [0.3, 0.4) is 0 Å². The number of ether oxygens (including phenoxy) is 4. The van der Waals surface area contributed by atoms with Crippen LogP contribution >= 0.6 is 47.0 Å². The first-order valence-electron chi connectivity index (χ1n) is 59.0. The van der Waals surface area contributed by atoms with Crippen LogP contribution in [0.2, 0.25) is 0 Å². The van der Waals surface area contributed by atoms with Crippen molar-refractivity contribution in [2.75, 3.05) is 96.9 Å². The van der Waals surface area contributed by atoms with E-state index < -0.39 is 239 Å². The number of rotatable bonds is 40. The van der Waals surface area contributed by atoms with E-state index in [1.54, 1.807) is 20.8 Å². The minimum absolute atomic E-state index is 0.000596. The Morgan fingerprint density at radius 1 is 0.368 bits per heavy atom. The van der Waals surface area contributed by atoms with Gasteiger partial charge in [-0.1, -0.05) is 144 Å². The Hall–Kier alpha value is -9.52. The Morgan fingerprint density at radius 3 is 0.958 bits per heavy atom. The standard InChI is InChI=1S/4C24H31FN6O4S/c4*1-3-8-36-24-27-22(26-16-10-14(16)13-5-4-12(2)15(25)9-13)19-23(28-24)31(30-29-19)17-11-18(35-7-6-32)21(34)20(17)33/h4*4-5,9,14,16-18,20-21,32-34H,3,6-8,10-11H2,1-2H3,(H,26,27,28)/t4*14-,16+,17+,18-,20-,21+/m0000/s1/i3D2,6D2,7D2,8D2,14D,16D;7D2,10D2,14D,16D;6D2,10D2,14D,16D;10D2,14D,16D. The molecule has 8 fully saturated rings. The fourth-order valence-electron chi connectivity index (χ4n) is 16.7. The maximum atomic E-state index is 14.4. The van der Waals surface area contributed by atoms with Crippen LogP contribution in [0.15, 0.2) is 93.4 Å². The lowest BCUT2D eigenvalue weighted by Crippen LogP contribution is -2.33. The van der Waals surface area contributed by atoms with E-state index in [0.29, 0.717) is 51.3 Å². The fraction of sp³-hybridized carbons (Fsp3) is 0.583. The number of aryl methyl sites for hydroxylation is 4. The molecular weight excluding hydrogens is 1950 g/mol. The molecule has 12 aromatic rings. The van der Waals surface area contributed by atoms with Crippen molar-refractivity contribution in [1.82, 2.24) is 99.8 Å². The molecule has 40 nitrogen and oxygen atoms in total. The van der Waals surface area contributed by atoms with Crippen LogP contribution in [0, 0.1) is 51.0 Å². The smallest absolute Gasteiger partial charge is 0.191 e. The molecule has 0 amide bonds. The van der Waals surface area contributed by atoms with Gasteiger partial charge in [-0.2, -0.15) is 0 Å². The van der Waals surface area contributed by atoms with Crippen LogP contribution in [0.5, 0.6) is 0 Å². The number of thioether (sulfide) groups is 4. The number of hydrogen-bond acceptors (Lipinski definition) is 40. The molecular formula is C96H124F4N24O16S4. The zero-order chi connectivity index (χ0) is 125. The van der Waals surface area contributed by atoms with Gasteiger partial charge in [0.15, 0.2) is 88.6 Å². The summed E-state index contributed by atoms with van der Waals surface area (Å²) in [5, 5.41) is 167. The normalized spacial score (nSPS) is 36.0. The molecule has 776 valence electrons. The molecule has 0 unspecified atom stereocenters. The van der Waals surface area contributed by atoms with Gasteiger partial charge in [0.1, 0.15) is 72.1 Å². The maximum absolute atomic E-state index is 14.4. The first-order chi connectivity index (χ1) is 79.0. The second-order valence-corrected chi connectivity index (χ2v) is 38.4. The highest BCUT2D eigenvalue weighted by Crippen LogP contribution is 2.50. The summed E-state index contributed by atoms with van der Waals surface area (Å²) in [5.74, 6) is -9.12. The summed E-state index contributed by atoms with van der Waals surface area (Å²) in [6, 6.07) is 3.41. The van der Waals surface area contributed by atoms with Crippen molar-refractivity contribution in [2.24, 2.45) is 0 Å². The number of fused-ring (bicyclic) bond motifs is 4. The number of nitrogens with zero attached hydrogens (tertiary/aromatic N) is 20. The van der Waals surface area contributed by atoms with Gasteiger partial charge in [-0.05, 0) is 148 Å². The maximum Gasteiger partial charge on any atom is 0.191 e. The molecule has 0 radical (unpaired) electrons. The van der Waals surface area contributed by atoms with Gasteiger partial charge in [0, 0.05) is 115 Å². The molecule has 0 saturated heterocycles. The summed E-state index contributed by atoms with van der Waals surface area (Å²) >= 11 is 4.17. The number of aromatic nitrogens is 20. The van der Waals surface area contributed by atoms with Gasteiger partial charge in [-0.15, -0.1) is 20.4 Å². The molecule has 144 heavy (non-hydrogen) atoms. The zero-order valence-electron chi connectivity index (χ0n) is 104. The van der Waals surface area contributed by atoms with Gasteiger partial charge in [0.25, 0.3) is 0 Å². The lowest BCUT2D eigenvalue weighted by atomic mass is 10.1. The molecule has 16 N–H and O–H groups in total. The Balaban J connectivity index is 0.000000151. The van der Waals surface area contributed by atoms with E-state index in [-0.39, 0.29) is 156 Å². The highest BCUT2D eigenvalue weighted by atomic mass is 32.2. The van der Waals surface area contributed by atoms with Crippen LogP contribution in [0.25, 0.3) is 44.7 Å². The Kier molecular flexibility index (Phi) is 25.3. The van der Waals surface area contributed by atoms with Gasteiger partial charge >= 0.3 is 0 Å². The van der Waals surface area contributed by atoms with Gasteiger partial charge < -0.3 is 101 Å². The summed E-state index contributed by atoms with van der Waals surface area (Å²) in [6.07, 6.45) is -24.2. The van der Waals surface area contributed by atoms with Crippen molar-refractivity contribution in [3.05, 3.63) is 141 Å². The van der Waals surface area contributed by atoms with Gasteiger partial charge in [-0.25, -0.2) is 76.2 Å². The number of hydrogen-bond donors (Lipinski definition) is 16. The molecule has 8 aromatic heterocycles. The molecule has 4 aromatic carbocycles. The SMILES string of the molecule is [2H]C([2H])(C)C([2H])([2H])Sc1nc(N[C@]2([2H])C[C@@]2([2H])c2ccc(C)c(F)c2)c2nnn([C@@H]3C[C@H](OC([2H])([2H])C([2H])([2H])O)[C@@H](O)[C@H]3O)c2n1.[2H]C([2H])(CO)O[C@H]1C[C@@H](n2nnc3c(N[C@]4([2H])C([2H])([2H])[C@@]4([2H])c4ccc(C)c(F)c4)nc(SCCC)nc32)[C@H](O)[C@@H]1O.[2H]C([2H])(O)CO[C@H]1C[C@@H](n2nnc3c(N[C@]4([2H])C([2H])([2H])[C@@]4([2H])c4ccc(C)c(F)c4)nc(SCCC)nc32)[C@H](O)[C@@H]1O.[2H]C1([2H])[C@@]([2H])(Nc2nc(SCCC)nc3c2nnn3[C@@H]2C[C@H](OCCO)[C@@H](O)[C@H]2O)[C@]1([2H])c1ccc(C)c(F)c1. The largest absolute Gasteiger partial charge is 0.394 e. The van der Waals surface area contributed by atoms with Crippen LogP contribution in [-0.4, -0.2) is 334 Å². The minimum Gasteiger partial charge on any atom is -0.394 e. The number of nitrogens with one attached hydrogen (secondary N) is 4. The summed E-state index contributed by atoms with van der Waals surface area (Å²) in [6.45, 7) is -0.677. The molecule has 8 aliphatic rings. The fourth-order valence-corrected chi connectivity index (χ4v) is 19.2. The number of halogens is 4. The first-order valence-corrected chi connectivity index (χ1v) is 49.7. The molecule has 0 spiro atoms. The monoisotopic (exact) mass is 2100 g/mol. The zero-order valence-corrected chi connectivity index (χ0v) is 81.6. The van der Waals surface area contributed by atoms with E-state index in [4.69, 9.17) is 59.7 Å². The van der Waals surface area contributed by atoms with Crippen molar-refractivity contribution in [3.8, 4) is 0 Å². The van der Waals surface area contributed by atoms with E-state index in [0.717, 1.165) is 49.1 Å². The molecule has 20 rings (SSSR count). The summed E-state index contributed by atoms with van der Waals surface area (Å²) in [7, 11) is 0. The van der Waals surface area contributed by atoms with Crippen molar-refractivity contribution >= 4 is 115 Å². The predicted octanol–water partition coefficient (Wildman–Crippen LogP) is 8.73. The molecule has 8 aliphatic carbocycles. The van der Waals surface area contributed by atoms with Gasteiger partial charge in [0.2, 0.25) is 0 Å². The second kappa shape index (κ2) is 47.3. The number of aliphatic hydroxyl groups excluding tert-OH is 10. The summed E-state index contributed by atoms with van der Waals surface area (Å²) in [4.78, 5) is 35.5. The highest BCUT2D eigenvalue weighted by Gasteiger charge is 2.51. The Bertz CT molecular complexity index is 7860. The van der Waals surface area contributed by atoms with Crippen molar-refractivity contribution in [2.45, 2.75) is 298 Å². The number of benzene rings is 4. The van der Waals surface area contributed by atoms with E-state index in [1.165, 1.54) is 111 Å². The average Bonchev–Trinajstić information content (AvgIpc) is 1.48. The van der Waals surface area contributed by atoms with Gasteiger partial charge in [-0.3, -0.25) is 0 Å². The molecule has 0 bridgehead atoms. The van der Waals surface area contributed by atoms with E-state index >= 15 is 0 Å². The highest BCUT2D eigenvalue weighted by molar-refractivity contribution is 7.99. The van der Waals surface area contributed by atoms with E-state index in [1.807, 2.05) is 20.8 Å². The summed E-state index contributed by atoms with van der Waals surface area (Å²) < 4.78 is 298. The minimum atomic E-state index is -3.45. The molecule has 48 heteroatoms. The quantitative estimate of drug-likeness (QED) is 0.00969. The predicted molar refractivity (Wildman–Crippen MR) is 530 cm³/mol.